The molecule has 0 fully saturated rings. The number of nitrogens with zero attached hydrogens (tertiary/aromatic N) is 6. The number of anilines is 1. The summed E-state index contributed by atoms with van der Waals surface area (Å²) < 4.78 is 12.5. The van der Waals surface area contributed by atoms with Crippen LogP contribution in [0.4, 0.5) is 11.5 Å². The second-order valence-corrected chi connectivity index (χ2v) is 7.43. The number of nitro benzene ring substituents is 1. The van der Waals surface area contributed by atoms with E-state index in [9.17, 15) is 10.1 Å². The van der Waals surface area contributed by atoms with Gasteiger partial charge in [-0.2, -0.15) is 0 Å². The van der Waals surface area contributed by atoms with E-state index in [2.05, 4.69) is 9.97 Å². The van der Waals surface area contributed by atoms with E-state index in [-0.39, 0.29) is 11.4 Å². The Labute approximate surface area is 176 Å². The van der Waals surface area contributed by atoms with Crippen LogP contribution in [0.5, 0.6) is 5.75 Å². The summed E-state index contributed by atoms with van der Waals surface area (Å²) in [5.74, 6) is 1.46. The number of aromatic nitrogens is 4. The lowest BCUT2D eigenvalue weighted by atomic mass is 10.2. The topological polar surface area (TPSA) is 108 Å². The molecule has 3 heterocycles. The van der Waals surface area contributed by atoms with E-state index < -0.39 is 4.92 Å². The molecule has 11 heteroatoms. The van der Waals surface area contributed by atoms with Gasteiger partial charge in [0.25, 0.3) is 0 Å². The van der Waals surface area contributed by atoms with Gasteiger partial charge < -0.3 is 18.9 Å². The maximum Gasteiger partial charge on any atom is 0.311 e. The van der Waals surface area contributed by atoms with E-state index in [0.717, 1.165) is 11.2 Å². The van der Waals surface area contributed by atoms with E-state index in [1.165, 1.54) is 17.8 Å². The Morgan fingerprint density at radius 1 is 1.37 bits per heavy atom. The zero-order chi connectivity index (χ0) is 21.1. The van der Waals surface area contributed by atoms with Crippen molar-refractivity contribution in [1.29, 1.82) is 0 Å². The molecular formula is C19H20N6O4S. The zero-order valence-corrected chi connectivity index (χ0v) is 17.3. The Morgan fingerprint density at radius 3 is 2.97 bits per heavy atom. The molecule has 1 aliphatic rings. The molecule has 3 aromatic rings. The van der Waals surface area contributed by atoms with Gasteiger partial charge in [0.15, 0.2) is 27.9 Å². The van der Waals surface area contributed by atoms with Crippen molar-refractivity contribution in [2.45, 2.75) is 17.8 Å². The minimum Gasteiger partial charge on any atom is -0.498 e. The number of ether oxygens (including phenoxy) is 2. The number of imidazole rings is 1. The highest BCUT2D eigenvalue weighted by atomic mass is 32.2. The Morgan fingerprint density at radius 2 is 2.23 bits per heavy atom. The number of rotatable bonds is 7. The maximum atomic E-state index is 11.4. The SMILES string of the molecule is CCOc1ccc(CSc2nc(N3C=COCC3)c3ncn(C)c3n2)cc1[N+](=O)[O-]. The number of hydrogen-bond donors (Lipinski definition) is 0. The first-order valence-electron chi connectivity index (χ1n) is 9.33. The standard InChI is InChI=1S/C19H20N6O4S/c1-3-29-15-5-4-13(10-14(15)25(26)27)11-30-19-21-17-16(20-12-23(17)2)18(22-19)24-6-8-28-9-7-24/h4-6,8,10,12H,3,7,9,11H2,1-2H3. The van der Waals surface area contributed by atoms with Crippen molar-refractivity contribution in [1.82, 2.24) is 19.5 Å². The van der Waals surface area contributed by atoms with Gasteiger partial charge in [-0.05, 0) is 18.6 Å². The summed E-state index contributed by atoms with van der Waals surface area (Å²) in [5.41, 5.74) is 2.18. The smallest absolute Gasteiger partial charge is 0.311 e. The van der Waals surface area contributed by atoms with Gasteiger partial charge in [-0.15, -0.1) is 0 Å². The van der Waals surface area contributed by atoms with Gasteiger partial charge in [-0.25, -0.2) is 15.0 Å². The molecule has 0 spiro atoms. The molecule has 0 saturated heterocycles. The summed E-state index contributed by atoms with van der Waals surface area (Å²) in [6.07, 6.45) is 5.16. The molecule has 0 unspecified atom stereocenters. The van der Waals surface area contributed by atoms with E-state index in [0.29, 0.717) is 42.0 Å². The molecule has 1 aliphatic heterocycles. The quantitative estimate of drug-likeness (QED) is 0.242. The normalized spacial score (nSPS) is 13.5. The zero-order valence-electron chi connectivity index (χ0n) is 16.5. The molecule has 30 heavy (non-hydrogen) atoms. The minimum absolute atomic E-state index is 0.0444. The Bertz CT molecular complexity index is 1120. The minimum atomic E-state index is -0.430. The Hall–Kier alpha value is -3.34. The third kappa shape index (κ3) is 4.01. The van der Waals surface area contributed by atoms with Crippen LogP contribution in [0, 0.1) is 10.1 Å². The molecule has 0 aliphatic carbocycles. The third-order valence-electron chi connectivity index (χ3n) is 4.47. The molecule has 0 amide bonds. The van der Waals surface area contributed by atoms with Crippen LogP contribution in [-0.4, -0.2) is 44.2 Å². The van der Waals surface area contributed by atoms with Crippen LogP contribution in [0.3, 0.4) is 0 Å². The van der Waals surface area contributed by atoms with Crippen LogP contribution in [0.1, 0.15) is 12.5 Å². The largest absolute Gasteiger partial charge is 0.498 e. The number of hydrogen-bond acceptors (Lipinski definition) is 9. The van der Waals surface area contributed by atoms with Crippen molar-refractivity contribution in [3.8, 4) is 5.75 Å². The lowest BCUT2D eigenvalue weighted by Gasteiger charge is -2.22. The van der Waals surface area contributed by atoms with Gasteiger partial charge in [0.05, 0.1) is 30.7 Å². The molecule has 10 nitrogen and oxygen atoms in total. The monoisotopic (exact) mass is 428 g/mol. The molecule has 1 aromatic carbocycles. The van der Waals surface area contributed by atoms with Crippen LogP contribution >= 0.6 is 11.8 Å². The van der Waals surface area contributed by atoms with Gasteiger partial charge in [0.2, 0.25) is 0 Å². The van der Waals surface area contributed by atoms with Crippen LogP contribution < -0.4 is 9.64 Å². The average Bonchev–Trinajstić information content (AvgIpc) is 3.14. The van der Waals surface area contributed by atoms with Crippen LogP contribution in [0.2, 0.25) is 0 Å². The third-order valence-corrected chi connectivity index (χ3v) is 5.39. The molecule has 0 bridgehead atoms. The van der Waals surface area contributed by atoms with Gasteiger partial charge in [-0.3, -0.25) is 10.1 Å². The van der Waals surface area contributed by atoms with E-state index in [1.807, 2.05) is 28.8 Å². The molecule has 0 N–H and O–H groups in total. The number of benzene rings is 1. The Kier molecular flexibility index (Phi) is 5.70. The second kappa shape index (κ2) is 8.57. The number of aryl methyl sites for hydroxylation is 1. The summed E-state index contributed by atoms with van der Waals surface area (Å²) in [7, 11) is 1.88. The lowest BCUT2D eigenvalue weighted by Crippen LogP contribution is -2.25. The first-order chi connectivity index (χ1) is 14.6. The van der Waals surface area contributed by atoms with E-state index in [1.54, 1.807) is 25.6 Å². The first-order valence-corrected chi connectivity index (χ1v) is 10.3. The summed E-state index contributed by atoms with van der Waals surface area (Å²) >= 11 is 1.41. The summed E-state index contributed by atoms with van der Waals surface area (Å²) in [6.45, 7) is 3.38. The highest BCUT2D eigenvalue weighted by molar-refractivity contribution is 7.98. The number of thioether (sulfide) groups is 1. The summed E-state index contributed by atoms with van der Waals surface area (Å²) in [4.78, 5) is 26.7. The molecule has 4 rings (SSSR count). The van der Waals surface area contributed by atoms with Crippen LogP contribution in [0.25, 0.3) is 11.2 Å². The predicted molar refractivity (Wildman–Crippen MR) is 113 cm³/mol. The van der Waals surface area contributed by atoms with Crippen molar-refractivity contribution in [2.24, 2.45) is 7.05 Å². The highest BCUT2D eigenvalue weighted by Crippen LogP contribution is 2.32. The van der Waals surface area contributed by atoms with Crippen molar-refractivity contribution < 1.29 is 14.4 Å². The fourth-order valence-corrected chi connectivity index (χ4v) is 3.82. The van der Waals surface area contributed by atoms with Crippen molar-refractivity contribution in [3.63, 3.8) is 0 Å². The summed E-state index contributed by atoms with van der Waals surface area (Å²) in [6, 6.07) is 4.98. The molecule has 0 radical (unpaired) electrons. The number of nitro groups is 1. The maximum absolute atomic E-state index is 11.4. The highest BCUT2D eigenvalue weighted by Gasteiger charge is 2.19. The van der Waals surface area contributed by atoms with E-state index in [4.69, 9.17) is 14.5 Å². The molecule has 2 aromatic heterocycles. The Balaban J connectivity index is 1.62. The van der Waals surface area contributed by atoms with E-state index >= 15 is 0 Å². The van der Waals surface area contributed by atoms with Crippen molar-refractivity contribution in [2.75, 3.05) is 24.7 Å². The van der Waals surface area contributed by atoms with Gasteiger partial charge >= 0.3 is 5.69 Å². The molecular weight excluding hydrogens is 408 g/mol. The average molecular weight is 428 g/mol. The fourth-order valence-electron chi connectivity index (χ4n) is 3.04. The van der Waals surface area contributed by atoms with Gasteiger partial charge in [0, 0.05) is 25.1 Å². The fraction of sp³-hybridized carbons (Fsp3) is 0.316. The van der Waals surface area contributed by atoms with Crippen LogP contribution in [-0.2, 0) is 17.5 Å². The molecule has 156 valence electrons. The summed E-state index contributed by atoms with van der Waals surface area (Å²) in [5, 5.41) is 11.9. The molecule has 0 saturated carbocycles. The second-order valence-electron chi connectivity index (χ2n) is 6.49. The van der Waals surface area contributed by atoms with Crippen molar-refractivity contribution in [3.05, 3.63) is 52.7 Å². The first kappa shape index (κ1) is 20.0. The molecule has 0 atom stereocenters. The lowest BCUT2D eigenvalue weighted by molar-refractivity contribution is -0.385. The van der Waals surface area contributed by atoms with Crippen molar-refractivity contribution >= 4 is 34.4 Å². The van der Waals surface area contributed by atoms with Gasteiger partial charge in [0.1, 0.15) is 6.61 Å². The predicted octanol–water partition coefficient (Wildman–Crippen LogP) is 3.27. The van der Waals surface area contributed by atoms with Gasteiger partial charge in [-0.1, -0.05) is 17.8 Å². The number of fused-ring (bicyclic) bond motifs is 1. The van der Waals surface area contributed by atoms with Crippen LogP contribution in [0.15, 0.2) is 42.1 Å².